The molecule has 1 heterocycles. The first-order chi connectivity index (χ1) is 19.3. The Labute approximate surface area is 249 Å². The van der Waals surface area contributed by atoms with Crippen molar-refractivity contribution in [2.24, 2.45) is 0 Å². The highest BCUT2D eigenvalue weighted by atomic mass is 35.5. The summed E-state index contributed by atoms with van der Waals surface area (Å²) in [5.74, 6) is 0.732. The van der Waals surface area contributed by atoms with E-state index >= 15 is 0 Å². The molecule has 0 aromatic heterocycles. The van der Waals surface area contributed by atoms with Gasteiger partial charge in [0, 0.05) is 54.4 Å². The van der Waals surface area contributed by atoms with E-state index in [4.69, 9.17) is 21.1 Å². The van der Waals surface area contributed by atoms with Gasteiger partial charge in [0.15, 0.2) is 0 Å². The lowest BCUT2D eigenvalue weighted by atomic mass is 9.97. The molecular weight excluding hydrogens is 544 g/mol. The van der Waals surface area contributed by atoms with E-state index in [9.17, 15) is 9.90 Å². The van der Waals surface area contributed by atoms with Gasteiger partial charge < -0.3 is 19.3 Å². The predicted octanol–water partition coefficient (Wildman–Crippen LogP) is 7.63. The van der Waals surface area contributed by atoms with Crippen LogP contribution in [0.1, 0.15) is 50.4 Å². The van der Waals surface area contributed by atoms with Crippen LogP contribution < -0.4 is 0 Å². The Hall–Kier alpha value is -2.19. The van der Waals surface area contributed by atoms with E-state index in [1.54, 1.807) is 18.9 Å². The van der Waals surface area contributed by atoms with Crippen molar-refractivity contribution in [1.82, 2.24) is 0 Å². The molecule has 1 N–H and O–H groups in total. The van der Waals surface area contributed by atoms with E-state index in [2.05, 4.69) is 23.5 Å². The monoisotopic (exact) mass is 586 g/mol. The zero-order valence-electron chi connectivity index (χ0n) is 24.1. The highest BCUT2D eigenvalue weighted by Gasteiger charge is 2.29. The minimum atomic E-state index is -0.410. The number of methoxy groups -OCH3 is 1. The molecule has 0 spiro atoms. The predicted molar refractivity (Wildman–Crippen MR) is 167 cm³/mol. The molecule has 4 unspecified atom stereocenters. The van der Waals surface area contributed by atoms with Crippen molar-refractivity contribution < 1.29 is 24.1 Å². The summed E-state index contributed by atoms with van der Waals surface area (Å²) >= 11 is 8.22. The standard InChI is InChI=1S/C30H35ClO4S.C3H8O/c1-4-34-26-7-5-6-23(9-12-26)16-22(3)29(31)15-8-21(2)30-18-25(33)17-27(35-30)20-36-28-13-10-24(19-32)11-14-28;1-3-4-2/h5-15,19,25-27,30,33H,3-4,16-18,20H2,1-2H3;3H2,1-2H3/b21-8+,29-15+;. The molecule has 5 nitrogen and oxygen atoms in total. The van der Waals surface area contributed by atoms with E-state index in [0.29, 0.717) is 36.5 Å². The summed E-state index contributed by atoms with van der Waals surface area (Å²) < 4.78 is 16.5. The number of benzene rings is 1. The Balaban J connectivity index is 0.00000131. The van der Waals surface area contributed by atoms with Gasteiger partial charge in [0.2, 0.25) is 0 Å². The fourth-order valence-electron chi connectivity index (χ4n) is 4.03. The third-order valence-corrected chi connectivity index (χ3v) is 7.88. The summed E-state index contributed by atoms with van der Waals surface area (Å²) in [6, 6.07) is 7.49. The molecule has 0 bridgehead atoms. The van der Waals surface area contributed by atoms with Crippen molar-refractivity contribution in [1.29, 1.82) is 0 Å². The number of carbonyl (C=O) groups is 1. The van der Waals surface area contributed by atoms with Crippen LogP contribution in [0.2, 0.25) is 0 Å². The van der Waals surface area contributed by atoms with Crippen molar-refractivity contribution in [3.05, 3.63) is 101 Å². The van der Waals surface area contributed by atoms with Crippen LogP contribution in [-0.4, -0.2) is 61.9 Å². The maximum atomic E-state index is 10.8. The number of halogens is 1. The largest absolute Gasteiger partial charge is 0.393 e. The van der Waals surface area contributed by atoms with Gasteiger partial charge >= 0.3 is 0 Å². The molecule has 1 saturated heterocycles. The highest BCUT2D eigenvalue weighted by Crippen LogP contribution is 2.30. The van der Waals surface area contributed by atoms with Gasteiger partial charge in [-0.15, -0.1) is 11.8 Å². The first-order valence-corrected chi connectivity index (χ1v) is 15.1. The Kier molecular flexibility index (Phi) is 16.2. The SMILES string of the molecule is C=C(CC1=CC=CC(OCC)C=C1)/C(Cl)=C\C=C(/C)C1CC(O)CC(CSc2ccc(C=O)cc2)O1.CCOC. The summed E-state index contributed by atoms with van der Waals surface area (Å²) in [4.78, 5) is 11.9. The fraction of sp³-hybridized carbons (Fsp3) is 0.424. The lowest BCUT2D eigenvalue weighted by molar-refractivity contribution is -0.0697. The molecule has 4 atom stereocenters. The smallest absolute Gasteiger partial charge is 0.150 e. The maximum absolute atomic E-state index is 10.8. The van der Waals surface area contributed by atoms with Gasteiger partial charge in [0.25, 0.3) is 0 Å². The van der Waals surface area contributed by atoms with E-state index in [1.165, 1.54) is 0 Å². The Morgan fingerprint density at radius 2 is 1.90 bits per heavy atom. The van der Waals surface area contributed by atoms with Crippen molar-refractivity contribution in [2.75, 3.05) is 26.1 Å². The van der Waals surface area contributed by atoms with Crippen molar-refractivity contribution >= 4 is 29.6 Å². The number of ether oxygens (including phenoxy) is 3. The minimum absolute atomic E-state index is 0.00954. The normalized spacial score (nSPS) is 23.1. The summed E-state index contributed by atoms with van der Waals surface area (Å²) in [5, 5.41) is 11.0. The van der Waals surface area contributed by atoms with Gasteiger partial charge in [-0.05, 0) is 62.1 Å². The topological polar surface area (TPSA) is 65.0 Å². The average Bonchev–Trinajstić information content (AvgIpc) is 3.19. The average molecular weight is 587 g/mol. The number of aliphatic hydroxyl groups excluding tert-OH is 1. The molecule has 1 aliphatic heterocycles. The molecule has 0 radical (unpaired) electrons. The molecular formula is C33H43ClO5S. The Bertz CT molecular complexity index is 1080. The van der Waals surface area contributed by atoms with E-state index in [-0.39, 0.29) is 18.3 Å². The lowest BCUT2D eigenvalue weighted by Gasteiger charge is -2.33. The van der Waals surface area contributed by atoms with Gasteiger partial charge in [-0.25, -0.2) is 0 Å². The quantitative estimate of drug-likeness (QED) is 0.154. The summed E-state index contributed by atoms with van der Waals surface area (Å²) in [7, 11) is 1.68. The number of carbonyl (C=O) groups excluding carboxylic acids is 1. The molecule has 1 aliphatic carbocycles. The van der Waals surface area contributed by atoms with Crippen LogP contribution >= 0.6 is 23.4 Å². The highest BCUT2D eigenvalue weighted by molar-refractivity contribution is 7.99. The molecule has 7 heteroatoms. The number of allylic oxidation sites excluding steroid dienone is 8. The van der Waals surface area contributed by atoms with Crippen molar-refractivity contribution in [2.45, 2.75) is 69.3 Å². The maximum Gasteiger partial charge on any atom is 0.150 e. The molecule has 3 rings (SSSR count). The first kappa shape index (κ1) is 34.0. The lowest BCUT2D eigenvalue weighted by Crippen LogP contribution is -2.37. The first-order valence-electron chi connectivity index (χ1n) is 13.7. The molecule has 1 aromatic carbocycles. The van der Waals surface area contributed by atoms with Gasteiger partial charge in [-0.3, -0.25) is 4.79 Å². The van der Waals surface area contributed by atoms with Gasteiger partial charge in [0.05, 0.1) is 24.4 Å². The van der Waals surface area contributed by atoms with Gasteiger partial charge in [-0.2, -0.15) is 0 Å². The second-order valence-electron chi connectivity index (χ2n) is 9.56. The molecule has 1 aromatic rings. The van der Waals surface area contributed by atoms with E-state index < -0.39 is 6.10 Å². The number of hydrogen-bond donors (Lipinski definition) is 1. The number of thioether (sulfide) groups is 1. The molecule has 40 heavy (non-hydrogen) atoms. The van der Waals surface area contributed by atoms with Crippen LogP contribution in [0.3, 0.4) is 0 Å². The van der Waals surface area contributed by atoms with Crippen LogP contribution in [-0.2, 0) is 14.2 Å². The van der Waals surface area contributed by atoms with Crippen LogP contribution in [0.25, 0.3) is 0 Å². The van der Waals surface area contributed by atoms with Gasteiger partial charge in [-0.1, -0.05) is 66.8 Å². The zero-order chi connectivity index (χ0) is 29.3. The summed E-state index contributed by atoms with van der Waals surface area (Å²) in [5.41, 5.74) is 3.62. The Morgan fingerprint density at radius 1 is 1.18 bits per heavy atom. The third-order valence-electron chi connectivity index (χ3n) is 6.34. The van der Waals surface area contributed by atoms with Gasteiger partial charge in [0.1, 0.15) is 6.29 Å². The second kappa shape index (κ2) is 19.0. The number of aliphatic hydroxyl groups is 1. The number of rotatable bonds is 12. The molecule has 0 saturated carbocycles. The van der Waals surface area contributed by atoms with E-state index in [1.807, 2.05) is 75.4 Å². The van der Waals surface area contributed by atoms with Crippen LogP contribution in [0, 0.1) is 0 Å². The summed E-state index contributed by atoms with van der Waals surface area (Å²) in [6.45, 7) is 11.6. The van der Waals surface area contributed by atoms with Crippen molar-refractivity contribution in [3.63, 3.8) is 0 Å². The third kappa shape index (κ3) is 12.5. The second-order valence-corrected chi connectivity index (χ2v) is 11.1. The van der Waals surface area contributed by atoms with Crippen LogP contribution in [0.4, 0.5) is 0 Å². The van der Waals surface area contributed by atoms with Crippen molar-refractivity contribution in [3.8, 4) is 0 Å². The fourth-order valence-corrected chi connectivity index (χ4v) is 5.08. The number of hydrogen-bond acceptors (Lipinski definition) is 6. The van der Waals surface area contributed by atoms with E-state index in [0.717, 1.165) is 40.3 Å². The zero-order valence-corrected chi connectivity index (χ0v) is 25.6. The molecule has 0 amide bonds. The van der Waals surface area contributed by atoms with Crippen LogP contribution in [0.5, 0.6) is 0 Å². The summed E-state index contributed by atoms with van der Waals surface area (Å²) in [6.07, 6.45) is 16.0. The Morgan fingerprint density at radius 3 is 2.55 bits per heavy atom. The van der Waals surface area contributed by atoms with Crippen LogP contribution in [0.15, 0.2) is 100 Å². The molecule has 2 aliphatic rings. The minimum Gasteiger partial charge on any atom is -0.393 e. The number of aldehydes is 1. The molecule has 1 fully saturated rings. The molecule has 218 valence electrons.